The van der Waals surface area contributed by atoms with Gasteiger partial charge in [-0.1, -0.05) is 0 Å². The number of halogens is 1. The van der Waals surface area contributed by atoms with E-state index in [0.717, 1.165) is 21.5 Å². The standard InChI is InChI=1S/C11H10ClN3S/c1-6-7(2)16-11-9(6)10(14-5-15-11)8(3-12)4-13/h5,8H,3H2,1-2H3. The number of hydrogen-bond acceptors (Lipinski definition) is 4. The van der Waals surface area contributed by atoms with Crippen molar-refractivity contribution in [2.75, 3.05) is 5.88 Å². The van der Waals surface area contributed by atoms with E-state index in [1.807, 2.05) is 13.8 Å². The molecule has 16 heavy (non-hydrogen) atoms. The van der Waals surface area contributed by atoms with E-state index < -0.39 is 0 Å². The van der Waals surface area contributed by atoms with Crippen molar-refractivity contribution in [1.82, 2.24) is 9.97 Å². The average molecular weight is 252 g/mol. The lowest BCUT2D eigenvalue weighted by Gasteiger charge is -2.06. The number of rotatable bonds is 2. The molecule has 0 fully saturated rings. The van der Waals surface area contributed by atoms with Crippen molar-refractivity contribution < 1.29 is 0 Å². The molecule has 0 saturated heterocycles. The van der Waals surface area contributed by atoms with E-state index in [1.165, 1.54) is 11.2 Å². The zero-order chi connectivity index (χ0) is 11.7. The maximum absolute atomic E-state index is 9.05. The van der Waals surface area contributed by atoms with Gasteiger partial charge in [-0.15, -0.1) is 22.9 Å². The molecule has 0 aliphatic heterocycles. The molecular weight excluding hydrogens is 242 g/mol. The third kappa shape index (κ3) is 1.66. The molecule has 2 heterocycles. The van der Waals surface area contributed by atoms with Crippen LogP contribution in [0.2, 0.25) is 0 Å². The van der Waals surface area contributed by atoms with Crippen LogP contribution in [0.15, 0.2) is 6.33 Å². The Labute approximate surface area is 103 Å². The zero-order valence-electron chi connectivity index (χ0n) is 8.99. The molecule has 0 aliphatic carbocycles. The Morgan fingerprint density at radius 1 is 1.50 bits per heavy atom. The van der Waals surface area contributed by atoms with Crippen LogP contribution >= 0.6 is 22.9 Å². The van der Waals surface area contributed by atoms with Gasteiger partial charge in [0.1, 0.15) is 17.1 Å². The van der Waals surface area contributed by atoms with Crippen LogP contribution in [-0.4, -0.2) is 15.8 Å². The summed E-state index contributed by atoms with van der Waals surface area (Å²) >= 11 is 7.41. The number of alkyl halides is 1. The maximum Gasteiger partial charge on any atom is 0.127 e. The van der Waals surface area contributed by atoms with Crippen LogP contribution in [0.25, 0.3) is 10.2 Å². The lowest BCUT2D eigenvalue weighted by atomic mass is 10.0. The smallest absolute Gasteiger partial charge is 0.127 e. The van der Waals surface area contributed by atoms with Crippen molar-refractivity contribution in [2.45, 2.75) is 19.8 Å². The van der Waals surface area contributed by atoms with Crippen LogP contribution in [0.3, 0.4) is 0 Å². The molecule has 0 saturated carbocycles. The number of nitrogens with zero attached hydrogens (tertiary/aromatic N) is 3. The molecular formula is C11H10ClN3S. The van der Waals surface area contributed by atoms with E-state index in [9.17, 15) is 0 Å². The lowest BCUT2D eigenvalue weighted by molar-refractivity contribution is 0.931. The fourth-order valence-electron chi connectivity index (χ4n) is 1.64. The fourth-order valence-corrected chi connectivity index (χ4v) is 2.86. The molecule has 2 aromatic heterocycles. The molecule has 1 unspecified atom stereocenters. The Kier molecular flexibility index (Phi) is 3.08. The number of nitriles is 1. The van der Waals surface area contributed by atoms with E-state index >= 15 is 0 Å². The Hall–Kier alpha value is -1.18. The largest absolute Gasteiger partial charge is 0.239 e. The molecule has 0 N–H and O–H groups in total. The van der Waals surface area contributed by atoms with Gasteiger partial charge in [0.15, 0.2) is 0 Å². The van der Waals surface area contributed by atoms with Crippen LogP contribution in [0, 0.1) is 25.2 Å². The summed E-state index contributed by atoms with van der Waals surface area (Å²) in [6.45, 7) is 4.08. The quantitative estimate of drug-likeness (QED) is 0.771. The molecule has 82 valence electrons. The minimum atomic E-state index is -0.361. The van der Waals surface area contributed by atoms with Gasteiger partial charge in [0.25, 0.3) is 0 Å². The van der Waals surface area contributed by atoms with E-state index in [0.29, 0.717) is 0 Å². The van der Waals surface area contributed by atoms with Gasteiger partial charge in [-0.3, -0.25) is 0 Å². The average Bonchev–Trinajstić information content (AvgIpc) is 2.57. The molecule has 0 aliphatic rings. The molecule has 1 atom stereocenters. The highest BCUT2D eigenvalue weighted by molar-refractivity contribution is 7.18. The van der Waals surface area contributed by atoms with Crippen molar-refractivity contribution in [1.29, 1.82) is 5.26 Å². The summed E-state index contributed by atoms with van der Waals surface area (Å²) in [5, 5.41) is 10.0. The van der Waals surface area contributed by atoms with Crippen molar-refractivity contribution in [3.8, 4) is 6.07 Å². The second-order valence-corrected chi connectivity index (χ2v) is 5.07. The maximum atomic E-state index is 9.05. The molecule has 0 bridgehead atoms. The van der Waals surface area contributed by atoms with Gasteiger partial charge in [-0.25, -0.2) is 9.97 Å². The van der Waals surface area contributed by atoms with E-state index in [2.05, 4.69) is 16.0 Å². The lowest BCUT2D eigenvalue weighted by Crippen LogP contribution is -2.02. The van der Waals surface area contributed by atoms with Gasteiger partial charge in [-0.05, 0) is 19.4 Å². The second-order valence-electron chi connectivity index (χ2n) is 3.56. The molecule has 5 heteroatoms. The molecule has 0 amide bonds. The first kappa shape index (κ1) is 11.3. The summed E-state index contributed by atoms with van der Waals surface area (Å²) in [4.78, 5) is 10.6. The van der Waals surface area contributed by atoms with Crippen molar-refractivity contribution in [3.05, 3.63) is 22.5 Å². The highest BCUT2D eigenvalue weighted by atomic mass is 35.5. The first-order valence-corrected chi connectivity index (χ1v) is 6.20. The predicted octanol–water partition coefficient (Wildman–Crippen LogP) is 3.15. The Morgan fingerprint density at radius 2 is 2.25 bits per heavy atom. The SMILES string of the molecule is Cc1sc2ncnc(C(C#N)CCl)c2c1C. The van der Waals surface area contributed by atoms with E-state index in [-0.39, 0.29) is 11.8 Å². The van der Waals surface area contributed by atoms with Gasteiger partial charge >= 0.3 is 0 Å². The van der Waals surface area contributed by atoms with E-state index in [4.69, 9.17) is 16.9 Å². The number of thiophene rings is 1. The summed E-state index contributed by atoms with van der Waals surface area (Å²) in [7, 11) is 0. The summed E-state index contributed by atoms with van der Waals surface area (Å²) in [6, 6.07) is 2.18. The van der Waals surface area contributed by atoms with Gasteiger partial charge in [0.05, 0.1) is 11.8 Å². The first-order valence-electron chi connectivity index (χ1n) is 4.85. The molecule has 0 aromatic carbocycles. The topological polar surface area (TPSA) is 49.6 Å². The number of aromatic nitrogens is 2. The minimum Gasteiger partial charge on any atom is -0.239 e. The predicted molar refractivity (Wildman–Crippen MR) is 66.0 cm³/mol. The molecule has 2 rings (SSSR count). The molecule has 0 spiro atoms. The minimum absolute atomic E-state index is 0.261. The highest BCUT2D eigenvalue weighted by Crippen LogP contribution is 2.33. The number of aryl methyl sites for hydroxylation is 2. The number of fused-ring (bicyclic) bond motifs is 1. The van der Waals surface area contributed by atoms with E-state index in [1.54, 1.807) is 11.3 Å². The molecule has 0 radical (unpaired) electrons. The summed E-state index contributed by atoms with van der Waals surface area (Å²) in [5.74, 6) is -0.100. The van der Waals surface area contributed by atoms with Gasteiger partial charge in [-0.2, -0.15) is 5.26 Å². The van der Waals surface area contributed by atoms with Gasteiger partial charge in [0.2, 0.25) is 0 Å². The summed E-state index contributed by atoms with van der Waals surface area (Å²) in [6.07, 6.45) is 1.50. The van der Waals surface area contributed by atoms with Crippen LogP contribution in [-0.2, 0) is 0 Å². The van der Waals surface area contributed by atoms with Crippen LogP contribution in [0.4, 0.5) is 0 Å². The monoisotopic (exact) mass is 251 g/mol. The van der Waals surface area contributed by atoms with Crippen LogP contribution < -0.4 is 0 Å². The summed E-state index contributed by atoms with van der Waals surface area (Å²) < 4.78 is 0. The zero-order valence-corrected chi connectivity index (χ0v) is 10.6. The van der Waals surface area contributed by atoms with Crippen molar-refractivity contribution in [3.63, 3.8) is 0 Å². The highest BCUT2D eigenvalue weighted by Gasteiger charge is 2.18. The van der Waals surface area contributed by atoms with Crippen molar-refractivity contribution >= 4 is 33.2 Å². The Morgan fingerprint density at radius 3 is 2.88 bits per heavy atom. The third-order valence-electron chi connectivity index (χ3n) is 2.63. The fraction of sp³-hybridized carbons (Fsp3) is 0.364. The summed E-state index contributed by atoms with van der Waals surface area (Å²) in [5.41, 5.74) is 1.91. The second kappa shape index (κ2) is 4.36. The van der Waals surface area contributed by atoms with Crippen molar-refractivity contribution in [2.24, 2.45) is 0 Å². The molecule has 3 nitrogen and oxygen atoms in total. The number of hydrogen-bond donors (Lipinski definition) is 0. The third-order valence-corrected chi connectivity index (χ3v) is 4.06. The van der Waals surface area contributed by atoms with Crippen LogP contribution in [0.1, 0.15) is 22.1 Å². The Balaban J connectivity index is 2.75. The van der Waals surface area contributed by atoms with Gasteiger partial charge < -0.3 is 0 Å². The molecule has 2 aromatic rings. The first-order chi connectivity index (χ1) is 7.69. The van der Waals surface area contributed by atoms with Gasteiger partial charge in [0, 0.05) is 16.1 Å². The Bertz CT molecular complexity index is 570. The van der Waals surface area contributed by atoms with Crippen LogP contribution in [0.5, 0.6) is 0 Å². The normalized spacial score (nSPS) is 12.6.